The molecule has 2 aromatic heterocycles. The third-order valence-corrected chi connectivity index (χ3v) is 11.8. The Labute approximate surface area is 368 Å². The third kappa shape index (κ3) is 9.19. The molecular formula is C47H43Cl2N5O8. The first-order valence-corrected chi connectivity index (χ1v) is 20.7. The Morgan fingerprint density at radius 2 is 1.61 bits per heavy atom. The molecule has 2 aliphatic heterocycles. The average molecular weight is 877 g/mol. The third-order valence-electron chi connectivity index (χ3n) is 11.1. The lowest BCUT2D eigenvalue weighted by molar-refractivity contribution is -0.142. The summed E-state index contributed by atoms with van der Waals surface area (Å²) in [6.45, 7) is 6.22. The van der Waals surface area contributed by atoms with E-state index >= 15 is 0 Å². The second-order valence-electron chi connectivity index (χ2n) is 15.4. The topological polar surface area (TPSA) is 154 Å². The highest BCUT2D eigenvalue weighted by molar-refractivity contribution is 6.42. The minimum absolute atomic E-state index is 0.00125. The quantitative estimate of drug-likeness (QED) is 0.123. The summed E-state index contributed by atoms with van der Waals surface area (Å²) in [5, 5.41) is 18.3. The average Bonchev–Trinajstić information content (AvgIpc) is 3.61. The molecule has 1 unspecified atom stereocenters. The van der Waals surface area contributed by atoms with Crippen LogP contribution in [0.5, 0.6) is 28.7 Å². The van der Waals surface area contributed by atoms with Gasteiger partial charge in [-0.25, -0.2) is 4.79 Å². The van der Waals surface area contributed by atoms with Crippen molar-refractivity contribution in [3.05, 3.63) is 158 Å². The van der Waals surface area contributed by atoms with Gasteiger partial charge in [-0.2, -0.15) is 5.10 Å². The number of halogens is 2. The number of carboxylic acids is 1. The van der Waals surface area contributed by atoms with Gasteiger partial charge in [0, 0.05) is 43.9 Å². The number of aromatic nitrogens is 3. The van der Waals surface area contributed by atoms with Crippen LogP contribution in [0.2, 0.25) is 10.0 Å². The minimum atomic E-state index is -1.28. The Bertz CT molecular complexity index is 2670. The van der Waals surface area contributed by atoms with Gasteiger partial charge in [-0.3, -0.25) is 19.3 Å². The van der Waals surface area contributed by atoms with E-state index in [0.717, 1.165) is 33.5 Å². The summed E-state index contributed by atoms with van der Waals surface area (Å²) in [6, 6.07) is 24.8. The summed E-state index contributed by atoms with van der Waals surface area (Å²) in [4.78, 5) is 46.8. The van der Waals surface area contributed by atoms with Gasteiger partial charge in [0.25, 0.3) is 5.91 Å². The SMILES string of the molecule is Cc1cc(C(=O)N2Cc3cc4c(cc3C[C@H]2C(=O)NC(Cc2ccc(Oc3ccnc(C)c3C)cc2)C(=O)O)OC[C@H](c2ccc(OCc3ccc(Cl)c(Cl)c3)cc2)O4)n(C)n1. The van der Waals surface area contributed by atoms with E-state index in [9.17, 15) is 19.5 Å². The molecule has 2 amide bonds. The number of pyridine rings is 1. The number of aryl methyl sites for hydroxylation is 3. The molecule has 0 fully saturated rings. The number of ether oxygens (including phenoxy) is 4. The van der Waals surface area contributed by atoms with Gasteiger partial charge in [0.15, 0.2) is 17.6 Å². The van der Waals surface area contributed by atoms with Crippen molar-refractivity contribution < 1.29 is 38.4 Å². The summed E-state index contributed by atoms with van der Waals surface area (Å²) in [5.74, 6) is 0.687. The van der Waals surface area contributed by atoms with Crippen molar-refractivity contribution in [3.8, 4) is 28.7 Å². The van der Waals surface area contributed by atoms with Crippen LogP contribution < -0.4 is 24.3 Å². The number of fused-ring (bicyclic) bond motifs is 2. The molecule has 2 aliphatic rings. The number of carbonyl (C=O) groups is 3. The summed E-state index contributed by atoms with van der Waals surface area (Å²) < 4.78 is 26.2. The molecule has 0 radical (unpaired) electrons. The Morgan fingerprint density at radius 3 is 2.32 bits per heavy atom. The number of nitrogens with zero attached hydrogens (tertiary/aromatic N) is 4. The monoisotopic (exact) mass is 875 g/mol. The van der Waals surface area contributed by atoms with E-state index in [2.05, 4.69) is 15.4 Å². The van der Waals surface area contributed by atoms with Gasteiger partial charge in [0.1, 0.15) is 48.2 Å². The highest BCUT2D eigenvalue weighted by Gasteiger charge is 2.39. The fourth-order valence-electron chi connectivity index (χ4n) is 7.55. The van der Waals surface area contributed by atoms with Crippen molar-refractivity contribution in [2.45, 2.75) is 65.0 Å². The van der Waals surface area contributed by atoms with Crippen molar-refractivity contribution in [1.82, 2.24) is 25.0 Å². The van der Waals surface area contributed by atoms with E-state index in [1.54, 1.807) is 68.7 Å². The number of aliphatic carboxylic acids is 1. The number of hydrogen-bond donors (Lipinski definition) is 2. The van der Waals surface area contributed by atoms with Gasteiger partial charge in [-0.1, -0.05) is 53.5 Å². The molecule has 0 aliphatic carbocycles. The van der Waals surface area contributed by atoms with Crippen LogP contribution in [0.15, 0.2) is 97.2 Å². The molecule has 0 saturated carbocycles. The standard InChI is InChI=1S/C47H43Cl2N5O8/c1-26-17-40(53(4)52-26)46(56)54-23-33-22-43-42(60-25-44(62-43)31-8-12-34(13-9-31)59-24-30-7-14-36(48)37(49)18-30)21-32(33)20-39(54)45(55)51-38(47(57)58)19-29-5-10-35(11-6-29)61-41-15-16-50-28(3)27(41)2/h5-18,21-22,38-39,44H,19-20,23-25H2,1-4H3,(H,51,55)(H,57,58)/t38?,39-,44+/m0/s1. The summed E-state index contributed by atoms with van der Waals surface area (Å²) in [7, 11) is 1.67. The largest absolute Gasteiger partial charge is 0.489 e. The first-order chi connectivity index (χ1) is 29.8. The lowest BCUT2D eigenvalue weighted by Gasteiger charge is -2.37. The Hall–Kier alpha value is -6.57. The van der Waals surface area contributed by atoms with Gasteiger partial charge < -0.3 is 34.3 Å². The van der Waals surface area contributed by atoms with Crippen molar-refractivity contribution >= 4 is 41.0 Å². The smallest absolute Gasteiger partial charge is 0.326 e. The molecule has 0 spiro atoms. The predicted molar refractivity (Wildman–Crippen MR) is 231 cm³/mol. The Balaban J connectivity index is 0.978. The molecule has 15 heteroatoms. The molecule has 6 aromatic rings. The molecule has 2 N–H and O–H groups in total. The number of carbonyl (C=O) groups excluding carboxylic acids is 2. The summed E-state index contributed by atoms with van der Waals surface area (Å²) in [6.07, 6.45) is 1.37. The number of carboxylic acid groups (broad SMARTS) is 1. The van der Waals surface area contributed by atoms with Crippen LogP contribution in [0.1, 0.15) is 61.4 Å². The van der Waals surface area contributed by atoms with Crippen molar-refractivity contribution in [3.63, 3.8) is 0 Å². The zero-order valence-corrected chi connectivity index (χ0v) is 35.9. The van der Waals surface area contributed by atoms with E-state index in [0.29, 0.717) is 62.4 Å². The van der Waals surface area contributed by atoms with Crippen molar-refractivity contribution in [2.75, 3.05) is 6.61 Å². The second kappa shape index (κ2) is 17.8. The summed E-state index contributed by atoms with van der Waals surface area (Å²) in [5.41, 5.74) is 6.69. The number of rotatable bonds is 12. The van der Waals surface area contributed by atoms with E-state index in [4.69, 9.17) is 42.1 Å². The maximum absolute atomic E-state index is 14.3. The zero-order chi connectivity index (χ0) is 43.7. The Morgan fingerprint density at radius 1 is 0.887 bits per heavy atom. The van der Waals surface area contributed by atoms with Gasteiger partial charge >= 0.3 is 5.97 Å². The number of benzene rings is 4. The maximum atomic E-state index is 14.3. The van der Waals surface area contributed by atoms with E-state index in [-0.39, 0.29) is 26.0 Å². The lowest BCUT2D eigenvalue weighted by Crippen LogP contribution is -2.56. The van der Waals surface area contributed by atoms with Crippen molar-refractivity contribution in [2.24, 2.45) is 7.05 Å². The predicted octanol–water partition coefficient (Wildman–Crippen LogP) is 8.31. The first kappa shape index (κ1) is 42.1. The maximum Gasteiger partial charge on any atom is 0.326 e. The van der Waals surface area contributed by atoms with Gasteiger partial charge in [0.2, 0.25) is 5.91 Å². The Kier molecular flexibility index (Phi) is 12.1. The number of nitrogens with one attached hydrogen (secondary N) is 1. The molecule has 0 saturated heterocycles. The summed E-state index contributed by atoms with van der Waals surface area (Å²) >= 11 is 12.2. The molecule has 13 nitrogen and oxygen atoms in total. The first-order valence-electron chi connectivity index (χ1n) is 20.0. The number of amides is 2. The van der Waals surface area contributed by atoms with Crippen LogP contribution in [-0.4, -0.2) is 61.2 Å². The normalized spacial score (nSPS) is 15.9. The highest BCUT2D eigenvalue weighted by atomic mass is 35.5. The zero-order valence-electron chi connectivity index (χ0n) is 34.4. The molecular weight excluding hydrogens is 833 g/mol. The molecule has 8 rings (SSSR count). The lowest BCUT2D eigenvalue weighted by atomic mass is 9.91. The second-order valence-corrected chi connectivity index (χ2v) is 16.2. The molecule has 318 valence electrons. The van der Waals surface area contributed by atoms with Crippen LogP contribution in [0.3, 0.4) is 0 Å². The highest BCUT2D eigenvalue weighted by Crippen LogP contribution is 2.41. The minimum Gasteiger partial charge on any atom is -0.489 e. The fourth-order valence-corrected chi connectivity index (χ4v) is 7.87. The molecule has 0 bridgehead atoms. The van der Waals surface area contributed by atoms with E-state index < -0.39 is 36.0 Å². The number of hydrogen-bond acceptors (Lipinski definition) is 9. The van der Waals surface area contributed by atoms with E-state index in [1.807, 2.05) is 56.3 Å². The molecule has 62 heavy (non-hydrogen) atoms. The van der Waals surface area contributed by atoms with Crippen LogP contribution in [-0.2, 0) is 42.6 Å². The molecule has 3 atom stereocenters. The molecule has 4 aromatic carbocycles. The van der Waals surface area contributed by atoms with Crippen LogP contribution in [0, 0.1) is 20.8 Å². The van der Waals surface area contributed by atoms with Gasteiger partial charge in [0.05, 0.1) is 15.7 Å². The fraction of sp³-hybridized carbons (Fsp3) is 0.255. The van der Waals surface area contributed by atoms with Crippen LogP contribution in [0.25, 0.3) is 0 Å². The van der Waals surface area contributed by atoms with Gasteiger partial charge in [-0.15, -0.1) is 0 Å². The van der Waals surface area contributed by atoms with Crippen molar-refractivity contribution in [1.29, 1.82) is 0 Å². The van der Waals surface area contributed by atoms with Crippen LogP contribution in [0.4, 0.5) is 0 Å². The van der Waals surface area contributed by atoms with Crippen LogP contribution >= 0.6 is 23.2 Å². The van der Waals surface area contributed by atoms with Gasteiger partial charge in [-0.05, 0) is 109 Å². The van der Waals surface area contributed by atoms with E-state index in [1.165, 1.54) is 9.58 Å². The molecule has 4 heterocycles.